The number of rotatable bonds is 6. The average molecular weight is 168 g/mol. The van der Waals surface area contributed by atoms with E-state index in [-0.39, 0.29) is 12.5 Å². The Bertz CT molecular complexity index is 185. The summed E-state index contributed by atoms with van der Waals surface area (Å²) in [6, 6.07) is 0. The van der Waals surface area contributed by atoms with Crippen molar-refractivity contribution in [1.82, 2.24) is 5.32 Å². The lowest BCUT2D eigenvalue weighted by atomic mass is 10.3. The fraction of sp³-hybridized carbons (Fsp3) is 0.444. The normalized spacial score (nSPS) is 10.4. The van der Waals surface area contributed by atoms with Gasteiger partial charge in [0.2, 0.25) is 5.91 Å². The summed E-state index contributed by atoms with van der Waals surface area (Å²) in [6.45, 7) is 6.68. The highest BCUT2D eigenvalue weighted by Crippen LogP contribution is 1.90. The molecule has 12 heavy (non-hydrogen) atoms. The number of allylic oxidation sites excluding steroid dienone is 2. The van der Waals surface area contributed by atoms with Crippen LogP contribution in [0, 0.1) is 0 Å². The molecule has 0 rings (SSSR count). The summed E-state index contributed by atoms with van der Waals surface area (Å²) in [5.74, 6) is -0.320. The van der Waals surface area contributed by atoms with E-state index in [4.69, 9.17) is 5.73 Å². The molecule has 0 unspecified atom stereocenters. The Morgan fingerprint density at radius 1 is 1.67 bits per heavy atom. The lowest BCUT2D eigenvalue weighted by Crippen LogP contribution is -2.28. The molecule has 0 saturated heterocycles. The van der Waals surface area contributed by atoms with Gasteiger partial charge in [0.15, 0.2) is 0 Å². The van der Waals surface area contributed by atoms with Crippen molar-refractivity contribution in [1.29, 1.82) is 0 Å². The zero-order valence-electron chi connectivity index (χ0n) is 7.47. The van der Waals surface area contributed by atoms with Gasteiger partial charge in [-0.2, -0.15) is 0 Å². The molecule has 0 aromatic rings. The van der Waals surface area contributed by atoms with Gasteiger partial charge in [0.25, 0.3) is 0 Å². The molecule has 0 aromatic carbocycles. The minimum absolute atomic E-state index is 0.251. The van der Waals surface area contributed by atoms with Crippen LogP contribution in [0.25, 0.3) is 0 Å². The molecule has 0 aromatic heterocycles. The van der Waals surface area contributed by atoms with Crippen LogP contribution in [0.2, 0.25) is 0 Å². The fourth-order valence-electron chi connectivity index (χ4n) is 0.682. The first kappa shape index (κ1) is 10.9. The van der Waals surface area contributed by atoms with Gasteiger partial charge in [-0.15, -0.1) is 0 Å². The van der Waals surface area contributed by atoms with E-state index in [9.17, 15) is 4.79 Å². The quantitative estimate of drug-likeness (QED) is 0.450. The molecule has 0 heterocycles. The van der Waals surface area contributed by atoms with Gasteiger partial charge >= 0.3 is 0 Å². The van der Waals surface area contributed by atoms with Crippen molar-refractivity contribution in [3.05, 3.63) is 24.3 Å². The smallest absolute Gasteiger partial charge is 0.231 e. The van der Waals surface area contributed by atoms with Gasteiger partial charge in [-0.25, -0.2) is 0 Å². The molecule has 3 heteroatoms. The summed E-state index contributed by atoms with van der Waals surface area (Å²) in [7, 11) is 0. The molecule has 0 aliphatic rings. The minimum Gasteiger partial charge on any atom is -0.369 e. The highest BCUT2D eigenvalue weighted by molar-refractivity contribution is 5.75. The van der Waals surface area contributed by atoms with Gasteiger partial charge in [0.1, 0.15) is 0 Å². The Hall–Kier alpha value is -1.09. The van der Waals surface area contributed by atoms with E-state index in [1.807, 2.05) is 19.1 Å². The van der Waals surface area contributed by atoms with Crippen LogP contribution in [0.15, 0.2) is 24.3 Å². The Morgan fingerprint density at radius 2 is 2.33 bits per heavy atom. The predicted octanol–water partition coefficient (Wildman–Crippen LogP) is 0.584. The lowest BCUT2D eigenvalue weighted by molar-refractivity contribution is -0.117. The summed E-state index contributed by atoms with van der Waals surface area (Å²) < 4.78 is 0. The molecule has 0 saturated carbocycles. The van der Waals surface area contributed by atoms with Crippen molar-refractivity contribution in [3.63, 3.8) is 0 Å². The Balaban J connectivity index is 3.21. The van der Waals surface area contributed by atoms with Gasteiger partial charge < -0.3 is 11.1 Å². The largest absolute Gasteiger partial charge is 0.369 e. The van der Waals surface area contributed by atoms with E-state index < -0.39 is 0 Å². The molecule has 3 nitrogen and oxygen atoms in total. The van der Waals surface area contributed by atoms with E-state index in [0.717, 1.165) is 18.5 Å². The number of amides is 1. The van der Waals surface area contributed by atoms with Gasteiger partial charge in [-0.3, -0.25) is 4.79 Å². The first-order valence-corrected chi connectivity index (χ1v) is 3.94. The third-order valence-corrected chi connectivity index (χ3v) is 1.19. The lowest BCUT2D eigenvalue weighted by Gasteiger charge is -1.97. The molecule has 0 fully saturated rings. The first-order chi connectivity index (χ1) is 5.63. The molecule has 0 spiro atoms. The molecule has 1 amide bonds. The molecule has 3 N–H and O–H groups in total. The van der Waals surface area contributed by atoms with Crippen LogP contribution in [0.4, 0.5) is 0 Å². The maximum atomic E-state index is 10.3. The van der Waals surface area contributed by atoms with Crippen LogP contribution in [0.3, 0.4) is 0 Å². The van der Waals surface area contributed by atoms with Crippen LogP contribution in [0.5, 0.6) is 0 Å². The van der Waals surface area contributed by atoms with E-state index in [0.29, 0.717) is 0 Å². The molecular formula is C9H16N2O. The van der Waals surface area contributed by atoms with Crippen LogP contribution in [-0.4, -0.2) is 19.0 Å². The monoisotopic (exact) mass is 168 g/mol. The van der Waals surface area contributed by atoms with Gasteiger partial charge in [-0.05, 0) is 19.9 Å². The number of nitrogens with two attached hydrogens (primary N) is 1. The summed E-state index contributed by atoms with van der Waals surface area (Å²) >= 11 is 0. The standard InChI is InChI=1S/C9H16N2O/c1-8(2)5-3-4-6-11-7-9(10)12/h3,5,11H,1,4,6-7H2,2H3,(H2,10,12). The number of hydrogen-bond donors (Lipinski definition) is 2. The molecule has 0 aliphatic heterocycles. The van der Waals surface area contributed by atoms with E-state index in [1.54, 1.807) is 0 Å². The molecule has 0 aliphatic carbocycles. The van der Waals surface area contributed by atoms with Crippen molar-refractivity contribution in [2.45, 2.75) is 13.3 Å². The number of carbonyl (C=O) groups is 1. The van der Waals surface area contributed by atoms with Gasteiger partial charge in [0.05, 0.1) is 6.54 Å². The maximum Gasteiger partial charge on any atom is 0.231 e. The van der Waals surface area contributed by atoms with Gasteiger partial charge in [-0.1, -0.05) is 24.3 Å². The number of nitrogens with one attached hydrogen (secondary N) is 1. The minimum atomic E-state index is -0.320. The Kier molecular flexibility index (Phi) is 6.01. The molecule has 0 radical (unpaired) electrons. The Morgan fingerprint density at radius 3 is 2.83 bits per heavy atom. The van der Waals surface area contributed by atoms with Crippen molar-refractivity contribution in [2.75, 3.05) is 13.1 Å². The highest BCUT2D eigenvalue weighted by atomic mass is 16.1. The third-order valence-electron chi connectivity index (χ3n) is 1.19. The summed E-state index contributed by atoms with van der Waals surface area (Å²) in [6.07, 6.45) is 4.85. The molecule has 0 atom stereocenters. The van der Waals surface area contributed by atoms with Crippen molar-refractivity contribution < 1.29 is 4.79 Å². The summed E-state index contributed by atoms with van der Waals surface area (Å²) in [4.78, 5) is 10.3. The fourth-order valence-corrected chi connectivity index (χ4v) is 0.682. The number of primary amides is 1. The van der Waals surface area contributed by atoms with E-state index >= 15 is 0 Å². The second kappa shape index (κ2) is 6.61. The second-order valence-corrected chi connectivity index (χ2v) is 2.68. The van der Waals surface area contributed by atoms with E-state index in [1.165, 1.54) is 0 Å². The first-order valence-electron chi connectivity index (χ1n) is 3.94. The number of carbonyl (C=O) groups excluding carboxylic acids is 1. The topological polar surface area (TPSA) is 55.1 Å². The van der Waals surface area contributed by atoms with Crippen LogP contribution < -0.4 is 11.1 Å². The van der Waals surface area contributed by atoms with Crippen molar-refractivity contribution >= 4 is 5.91 Å². The summed E-state index contributed by atoms with van der Waals surface area (Å²) in [5.41, 5.74) is 5.95. The summed E-state index contributed by atoms with van der Waals surface area (Å²) in [5, 5.41) is 2.90. The van der Waals surface area contributed by atoms with Gasteiger partial charge in [0, 0.05) is 0 Å². The zero-order chi connectivity index (χ0) is 9.40. The predicted molar refractivity (Wildman–Crippen MR) is 50.6 cm³/mol. The average Bonchev–Trinajstić information content (AvgIpc) is 1.95. The van der Waals surface area contributed by atoms with E-state index in [2.05, 4.69) is 11.9 Å². The highest BCUT2D eigenvalue weighted by Gasteiger charge is 1.89. The third kappa shape index (κ3) is 8.91. The van der Waals surface area contributed by atoms with Crippen molar-refractivity contribution in [3.8, 4) is 0 Å². The van der Waals surface area contributed by atoms with Crippen LogP contribution >= 0.6 is 0 Å². The second-order valence-electron chi connectivity index (χ2n) is 2.68. The maximum absolute atomic E-state index is 10.3. The van der Waals surface area contributed by atoms with Crippen molar-refractivity contribution in [2.24, 2.45) is 5.73 Å². The SMILES string of the molecule is C=C(C)C=CCCNCC(N)=O. The van der Waals surface area contributed by atoms with Crippen LogP contribution in [-0.2, 0) is 4.79 Å². The van der Waals surface area contributed by atoms with Crippen LogP contribution in [0.1, 0.15) is 13.3 Å². The molecule has 0 bridgehead atoms. The number of hydrogen-bond acceptors (Lipinski definition) is 2. The Labute approximate surface area is 73.3 Å². The molecular weight excluding hydrogens is 152 g/mol. The zero-order valence-corrected chi connectivity index (χ0v) is 7.47. The molecule has 68 valence electrons.